The van der Waals surface area contributed by atoms with Gasteiger partial charge < -0.3 is 9.47 Å². The fraction of sp³-hybridized carbons (Fsp3) is 0.333. The number of hydrogen-bond acceptors (Lipinski definition) is 4. The highest BCUT2D eigenvalue weighted by Gasteiger charge is 2.47. The monoisotopic (exact) mass is 399 g/mol. The Bertz CT molecular complexity index is 1040. The molecule has 0 saturated carbocycles. The van der Waals surface area contributed by atoms with E-state index in [-0.39, 0.29) is 29.7 Å². The average molecular weight is 399 g/mol. The minimum absolute atomic E-state index is 0.211. The minimum Gasteiger partial charge on any atom is -0.320 e. The predicted molar refractivity (Wildman–Crippen MR) is 101 cm³/mol. The molecule has 0 spiro atoms. The van der Waals surface area contributed by atoms with Crippen molar-refractivity contribution in [3.63, 3.8) is 0 Å². The molecule has 2 aromatic rings. The lowest BCUT2D eigenvalue weighted by Gasteiger charge is -2.19. The zero-order valence-corrected chi connectivity index (χ0v) is 15.8. The van der Waals surface area contributed by atoms with Gasteiger partial charge in [0.05, 0.1) is 18.3 Å². The van der Waals surface area contributed by atoms with Crippen molar-refractivity contribution in [2.24, 2.45) is 7.05 Å². The van der Waals surface area contributed by atoms with Crippen LogP contribution in [0.15, 0.2) is 47.3 Å². The molecule has 0 bridgehead atoms. The van der Waals surface area contributed by atoms with E-state index in [9.17, 15) is 23.2 Å². The number of amides is 1. The van der Waals surface area contributed by atoms with Crippen LogP contribution in [0.4, 0.5) is 8.78 Å². The van der Waals surface area contributed by atoms with E-state index in [0.29, 0.717) is 11.3 Å². The van der Waals surface area contributed by atoms with Gasteiger partial charge in [0.15, 0.2) is 5.78 Å². The van der Waals surface area contributed by atoms with E-state index in [0.717, 1.165) is 4.90 Å². The highest BCUT2D eigenvalue weighted by atomic mass is 19.3. The van der Waals surface area contributed by atoms with Crippen molar-refractivity contribution in [1.82, 2.24) is 9.47 Å². The molecule has 1 aromatic heterocycles. The number of nitriles is 1. The molecule has 0 aliphatic carbocycles. The standard InChI is InChI=1S/C21H19F2N3O3/c1-25-18(28)9-7-16(20(25)14-5-3-2-4-6-14)17(27)8-10-19(29)26-13-21(22,23)11-15(26)12-24/h2-7,9,15H,8,10-11,13H2,1H3/t15-/m0/s1. The number of aromatic nitrogens is 1. The van der Waals surface area contributed by atoms with Crippen molar-refractivity contribution in [3.8, 4) is 17.3 Å². The molecule has 0 unspecified atom stereocenters. The average Bonchev–Trinajstić information content (AvgIpc) is 3.03. The molecule has 6 nitrogen and oxygen atoms in total. The summed E-state index contributed by atoms with van der Waals surface area (Å²) in [4.78, 5) is 38.0. The van der Waals surface area contributed by atoms with E-state index >= 15 is 0 Å². The molecule has 1 amide bonds. The molecule has 2 heterocycles. The normalized spacial score (nSPS) is 17.7. The van der Waals surface area contributed by atoms with E-state index in [1.54, 1.807) is 37.4 Å². The Balaban J connectivity index is 1.80. The molecule has 1 aliphatic heterocycles. The zero-order valence-electron chi connectivity index (χ0n) is 15.8. The van der Waals surface area contributed by atoms with Crippen LogP contribution in [-0.4, -0.2) is 39.7 Å². The van der Waals surface area contributed by atoms with Crippen molar-refractivity contribution in [2.45, 2.75) is 31.2 Å². The highest BCUT2D eigenvalue weighted by molar-refractivity contribution is 6.02. The molecule has 1 fully saturated rings. The maximum absolute atomic E-state index is 13.5. The van der Waals surface area contributed by atoms with Crippen LogP contribution < -0.4 is 5.56 Å². The second kappa shape index (κ2) is 7.95. The maximum Gasteiger partial charge on any atom is 0.268 e. The van der Waals surface area contributed by atoms with Crippen LogP contribution in [0.25, 0.3) is 11.3 Å². The summed E-state index contributed by atoms with van der Waals surface area (Å²) < 4.78 is 28.4. The third kappa shape index (κ3) is 4.24. The summed E-state index contributed by atoms with van der Waals surface area (Å²) in [5.41, 5.74) is 1.09. The molecular formula is C21H19F2N3O3. The first-order valence-electron chi connectivity index (χ1n) is 9.09. The summed E-state index contributed by atoms with van der Waals surface area (Å²) in [5.74, 6) is -4.14. The van der Waals surface area contributed by atoms with Gasteiger partial charge in [0.1, 0.15) is 6.04 Å². The van der Waals surface area contributed by atoms with Gasteiger partial charge in [-0.3, -0.25) is 14.4 Å². The van der Waals surface area contributed by atoms with Crippen LogP contribution in [0.2, 0.25) is 0 Å². The summed E-state index contributed by atoms with van der Waals surface area (Å²) in [6.07, 6.45) is -1.19. The second-order valence-electron chi connectivity index (χ2n) is 7.01. The Hall–Kier alpha value is -3.34. The Kier molecular flexibility index (Phi) is 5.59. The Morgan fingerprint density at radius 3 is 2.52 bits per heavy atom. The molecule has 8 heteroatoms. The molecule has 1 aliphatic rings. The number of hydrogen-bond donors (Lipinski definition) is 0. The Morgan fingerprint density at radius 1 is 1.17 bits per heavy atom. The van der Waals surface area contributed by atoms with Gasteiger partial charge in [0, 0.05) is 37.9 Å². The van der Waals surface area contributed by atoms with E-state index in [1.165, 1.54) is 16.7 Å². The fourth-order valence-corrected chi connectivity index (χ4v) is 3.50. The van der Waals surface area contributed by atoms with Gasteiger partial charge in [0.2, 0.25) is 5.91 Å². The van der Waals surface area contributed by atoms with Gasteiger partial charge in [-0.25, -0.2) is 8.78 Å². The van der Waals surface area contributed by atoms with Gasteiger partial charge in [-0.2, -0.15) is 5.26 Å². The number of pyridine rings is 1. The molecule has 1 atom stereocenters. The first-order chi connectivity index (χ1) is 13.7. The maximum atomic E-state index is 13.5. The van der Waals surface area contributed by atoms with E-state index in [4.69, 9.17) is 5.26 Å². The van der Waals surface area contributed by atoms with E-state index in [1.807, 2.05) is 6.07 Å². The number of Topliss-reactive ketones (excluding diaryl/α,β-unsaturated/α-hetero) is 1. The fourth-order valence-electron chi connectivity index (χ4n) is 3.50. The molecule has 1 saturated heterocycles. The lowest BCUT2D eigenvalue weighted by molar-refractivity contribution is -0.132. The van der Waals surface area contributed by atoms with E-state index in [2.05, 4.69) is 0 Å². The number of rotatable bonds is 5. The quantitative estimate of drug-likeness (QED) is 0.724. The lowest BCUT2D eigenvalue weighted by Crippen LogP contribution is -2.36. The van der Waals surface area contributed by atoms with Crippen LogP contribution in [0.1, 0.15) is 29.6 Å². The smallest absolute Gasteiger partial charge is 0.268 e. The van der Waals surface area contributed by atoms with Crippen molar-refractivity contribution in [1.29, 1.82) is 5.26 Å². The summed E-state index contributed by atoms with van der Waals surface area (Å²) in [7, 11) is 1.55. The second-order valence-corrected chi connectivity index (χ2v) is 7.01. The first kappa shape index (κ1) is 20.4. The van der Waals surface area contributed by atoms with Crippen LogP contribution in [0.3, 0.4) is 0 Å². The van der Waals surface area contributed by atoms with Crippen LogP contribution in [-0.2, 0) is 11.8 Å². The van der Waals surface area contributed by atoms with Crippen molar-refractivity contribution < 1.29 is 18.4 Å². The van der Waals surface area contributed by atoms with Crippen molar-refractivity contribution in [3.05, 3.63) is 58.4 Å². The van der Waals surface area contributed by atoms with Crippen LogP contribution in [0, 0.1) is 11.3 Å². The number of likely N-dealkylation sites (tertiary alicyclic amines) is 1. The molecule has 0 radical (unpaired) electrons. The zero-order chi connectivity index (χ0) is 21.2. The Morgan fingerprint density at radius 2 is 1.86 bits per heavy atom. The summed E-state index contributed by atoms with van der Waals surface area (Å²) in [6, 6.07) is 12.1. The van der Waals surface area contributed by atoms with Crippen molar-refractivity contribution >= 4 is 11.7 Å². The van der Waals surface area contributed by atoms with Crippen LogP contribution in [0.5, 0.6) is 0 Å². The molecule has 3 rings (SSSR count). The largest absolute Gasteiger partial charge is 0.320 e. The van der Waals surface area contributed by atoms with Crippen LogP contribution >= 0.6 is 0 Å². The molecule has 29 heavy (non-hydrogen) atoms. The van der Waals surface area contributed by atoms with Gasteiger partial charge in [-0.15, -0.1) is 0 Å². The number of alkyl halides is 2. The molecule has 150 valence electrons. The van der Waals surface area contributed by atoms with Gasteiger partial charge >= 0.3 is 0 Å². The summed E-state index contributed by atoms with van der Waals surface area (Å²) in [5, 5.41) is 9.02. The SMILES string of the molecule is Cn1c(-c2ccccc2)c(C(=O)CCC(=O)N2CC(F)(F)C[C@H]2C#N)ccc1=O. The topological polar surface area (TPSA) is 83.2 Å². The number of benzene rings is 1. The minimum atomic E-state index is -3.10. The molecular weight excluding hydrogens is 380 g/mol. The number of nitrogens with zero attached hydrogens (tertiary/aromatic N) is 3. The highest BCUT2D eigenvalue weighted by Crippen LogP contribution is 2.32. The number of halogens is 2. The van der Waals surface area contributed by atoms with Crippen molar-refractivity contribution in [2.75, 3.05) is 6.54 Å². The lowest BCUT2D eigenvalue weighted by atomic mass is 9.99. The predicted octanol–water partition coefficient (Wildman–Crippen LogP) is 2.77. The van der Waals surface area contributed by atoms with Gasteiger partial charge in [-0.1, -0.05) is 30.3 Å². The number of carbonyl (C=O) groups is 2. The first-order valence-corrected chi connectivity index (χ1v) is 9.09. The summed E-state index contributed by atoms with van der Waals surface area (Å²) in [6.45, 7) is -0.812. The third-order valence-electron chi connectivity index (χ3n) is 4.97. The number of ketones is 1. The van der Waals surface area contributed by atoms with Gasteiger partial charge in [0.25, 0.3) is 11.5 Å². The molecule has 0 N–H and O–H groups in total. The summed E-state index contributed by atoms with van der Waals surface area (Å²) >= 11 is 0. The molecule has 1 aromatic carbocycles. The van der Waals surface area contributed by atoms with Gasteiger partial charge in [-0.05, 0) is 11.6 Å². The third-order valence-corrected chi connectivity index (χ3v) is 4.97. The Labute approximate surface area is 166 Å². The van der Waals surface area contributed by atoms with E-state index < -0.39 is 30.8 Å². The number of carbonyl (C=O) groups excluding carboxylic acids is 2.